The Labute approximate surface area is 142 Å². The van der Waals surface area contributed by atoms with E-state index in [9.17, 15) is 8.42 Å². The quantitative estimate of drug-likeness (QED) is 0.604. The van der Waals surface area contributed by atoms with Crippen molar-refractivity contribution in [3.63, 3.8) is 0 Å². The van der Waals surface area contributed by atoms with Gasteiger partial charge in [-0.15, -0.1) is 0 Å². The van der Waals surface area contributed by atoms with Gasteiger partial charge in [-0.2, -0.15) is 0 Å². The number of sulfonamides is 1. The standard InChI is InChI=1S/C13H10Cl3NO2S2/c14-13(15,16)20-12-9-5-4-8-11(12)17-21(18,19)10-6-2-1-3-7-10/h1-9,17H. The van der Waals surface area contributed by atoms with Crippen molar-refractivity contribution in [3.05, 3.63) is 54.6 Å². The van der Waals surface area contributed by atoms with Crippen molar-refractivity contribution in [2.75, 3.05) is 4.72 Å². The zero-order valence-corrected chi connectivity index (χ0v) is 14.4. The summed E-state index contributed by atoms with van der Waals surface area (Å²) in [5.74, 6) is 0. The Morgan fingerprint density at radius 3 is 2.10 bits per heavy atom. The molecule has 0 atom stereocenters. The van der Waals surface area contributed by atoms with Crippen LogP contribution in [-0.2, 0) is 10.0 Å². The molecule has 0 heterocycles. The molecule has 2 aromatic rings. The van der Waals surface area contributed by atoms with E-state index in [0.29, 0.717) is 10.6 Å². The van der Waals surface area contributed by atoms with Crippen LogP contribution in [0.5, 0.6) is 0 Å². The first-order valence-corrected chi connectivity index (χ1v) is 9.14. The zero-order chi connectivity index (χ0) is 15.5. The predicted molar refractivity (Wildman–Crippen MR) is 89.8 cm³/mol. The fourth-order valence-electron chi connectivity index (χ4n) is 1.57. The van der Waals surface area contributed by atoms with Gasteiger partial charge in [-0.1, -0.05) is 76.9 Å². The molecule has 21 heavy (non-hydrogen) atoms. The summed E-state index contributed by atoms with van der Waals surface area (Å²) in [4.78, 5) is 0.690. The van der Waals surface area contributed by atoms with Gasteiger partial charge >= 0.3 is 0 Å². The highest BCUT2D eigenvalue weighted by Gasteiger charge is 2.24. The molecule has 0 bridgehead atoms. The van der Waals surface area contributed by atoms with E-state index in [0.717, 1.165) is 11.8 Å². The number of benzene rings is 2. The molecule has 0 aliphatic rings. The number of alkyl halides is 3. The molecule has 112 valence electrons. The van der Waals surface area contributed by atoms with Crippen molar-refractivity contribution in [1.82, 2.24) is 0 Å². The largest absolute Gasteiger partial charge is 0.278 e. The molecule has 0 aliphatic carbocycles. The molecule has 0 aromatic heterocycles. The Morgan fingerprint density at radius 1 is 0.905 bits per heavy atom. The van der Waals surface area contributed by atoms with Gasteiger partial charge in [-0.3, -0.25) is 4.72 Å². The van der Waals surface area contributed by atoms with Gasteiger partial charge in [0, 0.05) is 4.90 Å². The maximum atomic E-state index is 12.3. The third kappa shape index (κ3) is 4.97. The van der Waals surface area contributed by atoms with Crippen LogP contribution in [0.15, 0.2) is 64.4 Å². The highest BCUT2D eigenvalue weighted by atomic mass is 35.6. The Bertz CT molecular complexity index is 716. The molecular formula is C13H10Cl3NO2S2. The van der Waals surface area contributed by atoms with E-state index in [1.807, 2.05) is 0 Å². The lowest BCUT2D eigenvalue weighted by molar-refractivity contribution is 0.601. The second-order valence-electron chi connectivity index (χ2n) is 3.96. The number of hydrogen-bond acceptors (Lipinski definition) is 3. The molecule has 0 radical (unpaired) electrons. The Balaban J connectivity index is 2.32. The summed E-state index contributed by atoms with van der Waals surface area (Å²) in [5.41, 5.74) is 0.359. The minimum absolute atomic E-state index is 0.165. The molecule has 0 saturated carbocycles. The molecule has 2 rings (SSSR count). The maximum absolute atomic E-state index is 12.3. The molecule has 8 heteroatoms. The predicted octanol–water partition coefficient (Wildman–Crippen LogP) is 4.91. The number of halogens is 3. The van der Waals surface area contributed by atoms with Gasteiger partial charge in [-0.25, -0.2) is 8.42 Å². The van der Waals surface area contributed by atoms with E-state index < -0.39 is 13.1 Å². The first-order valence-electron chi connectivity index (χ1n) is 5.70. The molecular weight excluding hydrogens is 373 g/mol. The minimum atomic E-state index is -3.68. The van der Waals surface area contributed by atoms with Gasteiger partial charge in [0.1, 0.15) is 0 Å². The highest BCUT2D eigenvalue weighted by Crippen LogP contribution is 2.46. The Hall–Kier alpha value is -0.590. The van der Waals surface area contributed by atoms with Crippen LogP contribution in [-0.4, -0.2) is 11.5 Å². The fourth-order valence-corrected chi connectivity index (χ4v) is 4.11. The van der Waals surface area contributed by atoms with Gasteiger partial charge in [0.2, 0.25) is 3.12 Å². The smallest absolute Gasteiger partial charge is 0.261 e. The van der Waals surface area contributed by atoms with Gasteiger partial charge < -0.3 is 0 Å². The maximum Gasteiger partial charge on any atom is 0.261 e. The van der Waals surface area contributed by atoms with E-state index in [-0.39, 0.29) is 4.90 Å². The number of rotatable bonds is 4. The second kappa shape index (κ2) is 6.67. The summed E-state index contributed by atoms with van der Waals surface area (Å²) in [6.07, 6.45) is 0. The number of nitrogens with one attached hydrogen (secondary N) is 1. The summed E-state index contributed by atoms with van der Waals surface area (Å²) >= 11 is 18.2. The van der Waals surface area contributed by atoms with Gasteiger partial charge in [0.25, 0.3) is 10.0 Å². The van der Waals surface area contributed by atoms with E-state index in [1.54, 1.807) is 42.5 Å². The first-order chi connectivity index (χ1) is 9.78. The van der Waals surface area contributed by atoms with Crippen LogP contribution in [0, 0.1) is 0 Å². The van der Waals surface area contributed by atoms with Crippen LogP contribution in [0.1, 0.15) is 0 Å². The van der Waals surface area contributed by atoms with Gasteiger partial charge in [-0.05, 0) is 24.3 Å². The van der Waals surface area contributed by atoms with Gasteiger partial charge in [0.15, 0.2) is 0 Å². The average Bonchev–Trinajstić information content (AvgIpc) is 2.40. The van der Waals surface area contributed by atoms with Crippen molar-refractivity contribution < 1.29 is 8.42 Å². The third-order valence-corrected chi connectivity index (χ3v) is 5.29. The summed E-state index contributed by atoms with van der Waals surface area (Å²) in [7, 11) is -3.68. The molecule has 3 nitrogen and oxygen atoms in total. The first kappa shape index (κ1) is 16.8. The normalized spacial score (nSPS) is 12.1. The number of thioether (sulfide) groups is 1. The number of anilines is 1. The Morgan fingerprint density at radius 2 is 1.48 bits per heavy atom. The summed E-state index contributed by atoms with van der Waals surface area (Å²) < 4.78 is 25.5. The topological polar surface area (TPSA) is 46.2 Å². The van der Waals surface area contributed by atoms with E-state index in [1.165, 1.54) is 12.1 Å². The molecule has 1 N–H and O–H groups in total. The van der Waals surface area contributed by atoms with Crippen LogP contribution in [0.3, 0.4) is 0 Å². The molecule has 0 unspecified atom stereocenters. The number of hydrogen-bond donors (Lipinski definition) is 1. The fraction of sp³-hybridized carbons (Fsp3) is 0.0769. The van der Waals surface area contributed by atoms with Gasteiger partial charge in [0.05, 0.1) is 10.6 Å². The van der Waals surface area contributed by atoms with Crippen LogP contribution < -0.4 is 4.72 Å². The van der Waals surface area contributed by atoms with Crippen molar-refractivity contribution in [2.45, 2.75) is 12.9 Å². The lowest BCUT2D eigenvalue weighted by Crippen LogP contribution is -2.13. The SMILES string of the molecule is O=S(=O)(Nc1ccccc1SC(Cl)(Cl)Cl)c1ccccc1. The Kier molecular flexibility index (Phi) is 5.33. The van der Waals surface area contributed by atoms with Crippen molar-refractivity contribution in [3.8, 4) is 0 Å². The zero-order valence-electron chi connectivity index (χ0n) is 10.5. The number of para-hydroxylation sites is 1. The van der Waals surface area contributed by atoms with Crippen molar-refractivity contribution in [1.29, 1.82) is 0 Å². The molecule has 0 spiro atoms. The summed E-state index contributed by atoms with van der Waals surface area (Å²) in [5, 5.41) is 0. The van der Waals surface area contributed by atoms with Crippen LogP contribution in [0.25, 0.3) is 0 Å². The van der Waals surface area contributed by atoms with Crippen molar-refractivity contribution in [2.24, 2.45) is 0 Å². The summed E-state index contributed by atoms with van der Waals surface area (Å²) in [6.45, 7) is 0. The minimum Gasteiger partial charge on any atom is -0.278 e. The summed E-state index contributed by atoms with van der Waals surface area (Å²) in [6, 6.07) is 14.8. The van der Waals surface area contributed by atoms with E-state index in [4.69, 9.17) is 34.8 Å². The van der Waals surface area contributed by atoms with Crippen molar-refractivity contribution >= 4 is 62.3 Å². The van der Waals surface area contributed by atoms with Crippen LogP contribution in [0.2, 0.25) is 0 Å². The van der Waals surface area contributed by atoms with Crippen LogP contribution >= 0.6 is 46.6 Å². The second-order valence-corrected chi connectivity index (χ2v) is 9.85. The average molecular weight is 383 g/mol. The third-order valence-electron chi connectivity index (χ3n) is 2.41. The highest BCUT2D eigenvalue weighted by molar-refractivity contribution is 8.05. The molecule has 2 aromatic carbocycles. The lowest BCUT2D eigenvalue weighted by Gasteiger charge is -2.15. The van der Waals surface area contributed by atoms with E-state index >= 15 is 0 Å². The van der Waals surface area contributed by atoms with E-state index in [2.05, 4.69) is 4.72 Å². The molecule has 0 aliphatic heterocycles. The molecule has 0 amide bonds. The monoisotopic (exact) mass is 381 g/mol. The lowest BCUT2D eigenvalue weighted by atomic mass is 10.3. The van der Waals surface area contributed by atoms with Crippen LogP contribution in [0.4, 0.5) is 5.69 Å². The molecule has 0 fully saturated rings. The molecule has 0 saturated heterocycles.